The van der Waals surface area contributed by atoms with E-state index in [1.807, 2.05) is 0 Å². The zero-order valence-corrected chi connectivity index (χ0v) is 10.3. The fourth-order valence-corrected chi connectivity index (χ4v) is 1.22. The molecule has 1 aromatic rings. The van der Waals surface area contributed by atoms with E-state index in [1.165, 1.54) is 13.0 Å². The van der Waals surface area contributed by atoms with Crippen molar-refractivity contribution in [1.82, 2.24) is 0 Å². The predicted octanol–water partition coefficient (Wildman–Crippen LogP) is 1.27. The van der Waals surface area contributed by atoms with Crippen molar-refractivity contribution in [2.45, 2.75) is 6.92 Å². The largest absolute Gasteiger partial charge is 0.481 e. The SMILES string of the molecule is COC(=O)c1ccc(F)c(NC(=O)C(C)C(=O)O)c1. The fourth-order valence-electron chi connectivity index (χ4n) is 1.22. The molecule has 6 nitrogen and oxygen atoms in total. The summed E-state index contributed by atoms with van der Waals surface area (Å²) >= 11 is 0. The third kappa shape index (κ3) is 3.51. The van der Waals surface area contributed by atoms with Crippen molar-refractivity contribution in [3.63, 3.8) is 0 Å². The first-order valence-corrected chi connectivity index (χ1v) is 5.28. The van der Waals surface area contributed by atoms with Crippen LogP contribution in [-0.4, -0.2) is 30.1 Å². The van der Waals surface area contributed by atoms with Gasteiger partial charge in [-0.2, -0.15) is 0 Å². The van der Waals surface area contributed by atoms with Gasteiger partial charge in [-0.1, -0.05) is 0 Å². The summed E-state index contributed by atoms with van der Waals surface area (Å²) in [5.41, 5.74) is -0.233. The minimum atomic E-state index is -1.33. The van der Waals surface area contributed by atoms with Crippen molar-refractivity contribution in [2.24, 2.45) is 5.92 Å². The van der Waals surface area contributed by atoms with Crippen LogP contribution in [0.25, 0.3) is 0 Å². The second-order valence-electron chi connectivity index (χ2n) is 3.74. The standard InChI is InChI=1S/C12H12FNO5/c1-6(11(16)17)10(15)14-9-5-7(12(18)19-2)3-4-8(9)13/h3-6H,1-2H3,(H,14,15)(H,16,17). The highest BCUT2D eigenvalue weighted by molar-refractivity contribution is 6.04. The van der Waals surface area contributed by atoms with E-state index in [-0.39, 0.29) is 11.3 Å². The maximum atomic E-state index is 13.4. The number of carbonyl (C=O) groups is 3. The molecule has 102 valence electrons. The number of carboxylic acids is 1. The van der Waals surface area contributed by atoms with Gasteiger partial charge in [-0.05, 0) is 25.1 Å². The second kappa shape index (κ2) is 5.94. The van der Waals surface area contributed by atoms with Crippen LogP contribution in [-0.2, 0) is 14.3 Å². The Balaban J connectivity index is 2.97. The lowest BCUT2D eigenvalue weighted by atomic mass is 10.1. The molecule has 1 rings (SSSR count). The van der Waals surface area contributed by atoms with Crippen molar-refractivity contribution in [2.75, 3.05) is 12.4 Å². The molecule has 2 N–H and O–H groups in total. The molecule has 0 fully saturated rings. The molecule has 0 spiro atoms. The van der Waals surface area contributed by atoms with Gasteiger partial charge in [0.15, 0.2) is 0 Å². The third-order valence-electron chi connectivity index (χ3n) is 2.41. The average molecular weight is 269 g/mol. The van der Waals surface area contributed by atoms with Gasteiger partial charge in [-0.3, -0.25) is 9.59 Å². The molecule has 0 aliphatic heterocycles. The molecule has 0 aromatic heterocycles. The van der Waals surface area contributed by atoms with Gasteiger partial charge in [0.2, 0.25) is 5.91 Å². The smallest absolute Gasteiger partial charge is 0.337 e. The molecule has 0 heterocycles. The number of esters is 1. The zero-order valence-electron chi connectivity index (χ0n) is 10.3. The van der Waals surface area contributed by atoms with Crippen LogP contribution in [0.4, 0.5) is 10.1 Å². The maximum absolute atomic E-state index is 13.4. The van der Waals surface area contributed by atoms with Crippen LogP contribution >= 0.6 is 0 Å². The first kappa shape index (κ1) is 14.6. The van der Waals surface area contributed by atoms with Crippen LogP contribution in [0.1, 0.15) is 17.3 Å². The van der Waals surface area contributed by atoms with Gasteiger partial charge in [0, 0.05) is 0 Å². The number of aliphatic carboxylic acids is 1. The number of ether oxygens (including phenoxy) is 1. The number of carboxylic acid groups (broad SMARTS) is 1. The molecular weight excluding hydrogens is 257 g/mol. The monoisotopic (exact) mass is 269 g/mol. The number of methoxy groups -OCH3 is 1. The number of hydrogen-bond donors (Lipinski definition) is 2. The molecule has 0 radical (unpaired) electrons. The molecule has 1 amide bonds. The number of rotatable bonds is 4. The van der Waals surface area contributed by atoms with E-state index in [9.17, 15) is 18.8 Å². The second-order valence-corrected chi connectivity index (χ2v) is 3.74. The van der Waals surface area contributed by atoms with Crippen LogP contribution in [0.15, 0.2) is 18.2 Å². The normalized spacial score (nSPS) is 11.5. The molecule has 0 saturated heterocycles. The highest BCUT2D eigenvalue weighted by Gasteiger charge is 2.22. The van der Waals surface area contributed by atoms with Gasteiger partial charge in [-0.15, -0.1) is 0 Å². The fraction of sp³-hybridized carbons (Fsp3) is 0.250. The molecule has 0 bridgehead atoms. The molecule has 1 unspecified atom stereocenters. The summed E-state index contributed by atoms with van der Waals surface area (Å²) in [5.74, 6) is -5.02. The van der Waals surface area contributed by atoms with Crippen molar-refractivity contribution in [1.29, 1.82) is 0 Å². The summed E-state index contributed by atoms with van der Waals surface area (Å²) in [7, 11) is 1.16. The molecular formula is C12H12FNO5. The number of halogens is 1. The molecule has 1 atom stereocenters. The maximum Gasteiger partial charge on any atom is 0.337 e. The minimum Gasteiger partial charge on any atom is -0.481 e. The lowest BCUT2D eigenvalue weighted by Crippen LogP contribution is -2.27. The van der Waals surface area contributed by atoms with Gasteiger partial charge in [0.05, 0.1) is 18.4 Å². The van der Waals surface area contributed by atoms with E-state index in [2.05, 4.69) is 10.1 Å². The van der Waals surface area contributed by atoms with Crippen molar-refractivity contribution < 1.29 is 28.6 Å². The summed E-state index contributed by atoms with van der Waals surface area (Å²) in [5, 5.41) is 10.8. The Morgan fingerprint density at radius 1 is 1.37 bits per heavy atom. The molecule has 0 aliphatic rings. The minimum absolute atomic E-state index is 0.0437. The van der Waals surface area contributed by atoms with Gasteiger partial charge in [-0.25, -0.2) is 9.18 Å². The van der Waals surface area contributed by atoms with Gasteiger partial charge >= 0.3 is 11.9 Å². The van der Waals surface area contributed by atoms with Gasteiger partial charge in [0.25, 0.3) is 0 Å². The van der Waals surface area contributed by atoms with Crippen LogP contribution in [0.3, 0.4) is 0 Å². The van der Waals surface area contributed by atoms with Crippen LogP contribution in [0.5, 0.6) is 0 Å². The Labute approximate surface area is 108 Å². The van der Waals surface area contributed by atoms with E-state index < -0.39 is 29.6 Å². The Hall–Kier alpha value is -2.44. The molecule has 7 heteroatoms. The summed E-state index contributed by atoms with van der Waals surface area (Å²) < 4.78 is 17.9. The Morgan fingerprint density at radius 2 is 2.00 bits per heavy atom. The molecule has 1 aromatic carbocycles. The van der Waals surface area contributed by atoms with E-state index >= 15 is 0 Å². The molecule has 0 saturated carbocycles. The first-order valence-electron chi connectivity index (χ1n) is 5.28. The highest BCUT2D eigenvalue weighted by Crippen LogP contribution is 2.17. The average Bonchev–Trinajstić information content (AvgIpc) is 2.39. The lowest BCUT2D eigenvalue weighted by molar-refractivity contribution is -0.144. The van der Waals surface area contributed by atoms with Crippen molar-refractivity contribution in [3.8, 4) is 0 Å². The number of benzene rings is 1. The Kier molecular flexibility index (Phi) is 4.57. The molecule has 19 heavy (non-hydrogen) atoms. The number of carbonyl (C=O) groups excluding carboxylic acids is 2. The van der Waals surface area contributed by atoms with Crippen LogP contribution < -0.4 is 5.32 Å². The summed E-state index contributed by atoms with van der Waals surface area (Å²) in [6.45, 7) is 1.17. The van der Waals surface area contributed by atoms with Crippen LogP contribution in [0.2, 0.25) is 0 Å². The lowest BCUT2D eigenvalue weighted by Gasteiger charge is -2.10. The van der Waals surface area contributed by atoms with Crippen molar-refractivity contribution >= 4 is 23.5 Å². The van der Waals surface area contributed by atoms with E-state index in [1.54, 1.807) is 0 Å². The Morgan fingerprint density at radius 3 is 2.53 bits per heavy atom. The first-order chi connectivity index (χ1) is 8.86. The number of nitrogens with one attached hydrogen (secondary N) is 1. The summed E-state index contributed by atoms with van der Waals surface area (Å²) in [6.07, 6.45) is 0. The third-order valence-corrected chi connectivity index (χ3v) is 2.41. The van der Waals surface area contributed by atoms with E-state index in [4.69, 9.17) is 5.11 Å². The molecule has 0 aliphatic carbocycles. The van der Waals surface area contributed by atoms with Gasteiger partial charge in [0.1, 0.15) is 11.7 Å². The van der Waals surface area contributed by atoms with Crippen molar-refractivity contribution in [3.05, 3.63) is 29.6 Å². The number of amides is 1. The highest BCUT2D eigenvalue weighted by atomic mass is 19.1. The number of hydrogen-bond acceptors (Lipinski definition) is 4. The topological polar surface area (TPSA) is 92.7 Å². The quantitative estimate of drug-likeness (QED) is 0.634. The van der Waals surface area contributed by atoms with Crippen LogP contribution in [0, 0.1) is 11.7 Å². The Bertz CT molecular complexity index is 529. The predicted molar refractivity (Wildman–Crippen MR) is 63.2 cm³/mol. The van der Waals surface area contributed by atoms with E-state index in [0.29, 0.717) is 0 Å². The van der Waals surface area contributed by atoms with Gasteiger partial charge < -0.3 is 15.2 Å². The zero-order chi connectivity index (χ0) is 14.6. The van der Waals surface area contributed by atoms with E-state index in [0.717, 1.165) is 19.2 Å². The summed E-state index contributed by atoms with van der Waals surface area (Å²) in [6, 6.07) is 3.25. The summed E-state index contributed by atoms with van der Waals surface area (Å²) in [4.78, 5) is 33.3. The number of anilines is 1.